The number of carbonyl (C=O) groups is 1. The Balaban J connectivity index is 2.91. The first kappa shape index (κ1) is 8.38. The third-order valence-electron chi connectivity index (χ3n) is 2.06. The fourth-order valence-corrected chi connectivity index (χ4v) is 2.37. The van der Waals surface area contributed by atoms with Crippen molar-refractivity contribution in [1.29, 1.82) is 0 Å². The van der Waals surface area contributed by atoms with E-state index < -0.39 is 0 Å². The van der Waals surface area contributed by atoms with Gasteiger partial charge in [0.15, 0.2) is 6.29 Å². The molecule has 66 valence electrons. The van der Waals surface area contributed by atoms with Crippen LogP contribution in [-0.4, -0.2) is 6.29 Å². The molecule has 3 heteroatoms. The van der Waals surface area contributed by atoms with E-state index in [1.807, 2.05) is 13.0 Å². The zero-order valence-electron chi connectivity index (χ0n) is 7.00. The van der Waals surface area contributed by atoms with Crippen LogP contribution in [0.4, 0.5) is 4.39 Å². The first-order valence-corrected chi connectivity index (χ1v) is 4.68. The van der Waals surface area contributed by atoms with Gasteiger partial charge in [0.05, 0.1) is 9.58 Å². The third-order valence-corrected chi connectivity index (χ3v) is 3.30. The van der Waals surface area contributed by atoms with Gasteiger partial charge in [-0.15, -0.1) is 11.3 Å². The molecule has 1 aromatic carbocycles. The van der Waals surface area contributed by atoms with Crippen LogP contribution in [0, 0.1) is 12.7 Å². The van der Waals surface area contributed by atoms with Crippen LogP contribution in [0.2, 0.25) is 0 Å². The standard InChI is InChI=1S/C10H7FOS/c1-6-7-3-2-4-8(11)10(7)13-9(6)5-12/h2-5H,1H3. The van der Waals surface area contributed by atoms with E-state index in [4.69, 9.17) is 0 Å². The van der Waals surface area contributed by atoms with E-state index in [1.165, 1.54) is 17.4 Å². The SMILES string of the molecule is Cc1c(C=O)sc2c(F)cccc12. The van der Waals surface area contributed by atoms with Crippen molar-refractivity contribution in [2.45, 2.75) is 6.92 Å². The number of rotatable bonds is 1. The topological polar surface area (TPSA) is 17.1 Å². The fourth-order valence-electron chi connectivity index (χ4n) is 1.34. The van der Waals surface area contributed by atoms with Crippen molar-refractivity contribution < 1.29 is 9.18 Å². The van der Waals surface area contributed by atoms with E-state index in [1.54, 1.807) is 6.07 Å². The van der Waals surface area contributed by atoms with Crippen molar-refractivity contribution in [3.63, 3.8) is 0 Å². The lowest BCUT2D eigenvalue weighted by atomic mass is 10.1. The Bertz CT molecular complexity index is 473. The first-order valence-electron chi connectivity index (χ1n) is 3.87. The number of thiophene rings is 1. The molecule has 1 nitrogen and oxygen atoms in total. The van der Waals surface area contributed by atoms with Crippen molar-refractivity contribution >= 4 is 27.7 Å². The Morgan fingerprint density at radius 2 is 2.23 bits per heavy atom. The number of benzene rings is 1. The zero-order valence-corrected chi connectivity index (χ0v) is 7.82. The van der Waals surface area contributed by atoms with Crippen molar-refractivity contribution in [1.82, 2.24) is 0 Å². The van der Waals surface area contributed by atoms with E-state index in [9.17, 15) is 9.18 Å². The second-order valence-electron chi connectivity index (χ2n) is 2.83. The fraction of sp³-hybridized carbons (Fsp3) is 0.100. The molecule has 0 spiro atoms. The average molecular weight is 194 g/mol. The number of hydrogen-bond donors (Lipinski definition) is 0. The van der Waals surface area contributed by atoms with Crippen molar-refractivity contribution in [3.8, 4) is 0 Å². The molecule has 0 aliphatic rings. The predicted molar refractivity (Wildman–Crippen MR) is 51.9 cm³/mol. The van der Waals surface area contributed by atoms with Crippen LogP contribution >= 0.6 is 11.3 Å². The molecule has 0 bridgehead atoms. The van der Waals surface area contributed by atoms with Gasteiger partial charge in [0.25, 0.3) is 0 Å². The van der Waals surface area contributed by atoms with Gasteiger partial charge < -0.3 is 0 Å². The van der Waals surface area contributed by atoms with E-state index in [-0.39, 0.29) is 5.82 Å². The minimum Gasteiger partial charge on any atom is -0.297 e. The van der Waals surface area contributed by atoms with E-state index >= 15 is 0 Å². The van der Waals surface area contributed by atoms with E-state index in [2.05, 4.69) is 0 Å². The highest BCUT2D eigenvalue weighted by Gasteiger charge is 2.09. The second kappa shape index (κ2) is 2.92. The van der Waals surface area contributed by atoms with Crippen LogP contribution in [0.15, 0.2) is 18.2 Å². The molecule has 0 atom stereocenters. The molecule has 0 saturated carbocycles. The molecule has 0 saturated heterocycles. The van der Waals surface area contributed by atoms with Gasteiger partial charge in [0, 0.05) is 0 Å². The quantitative estimate of drug-likeness (QED) is 0.637. The molecule has 0 aliphatic heterocycles. The normalized spacial score (nSPS) is 10.6. The molecular weight excluding hydrogens is 187 g/mol. The Morgan fingerprint density at radius 3 is 2.85 bits per heavy atom. The summed E-state index contributed by atoms with van der Waals surface area (Å²) in [6.07, 6.45) is 0.777. The Labute approximate surface area is 78.8 Å². The van der Waals surface area contributed by atoms with Gasteiger partial charge in [-0.05, 0) is 23.9 Å². The van der Waals surface area contributed by atoms with Crippen molar-refractivity contribution in [3.05, 3.63) is 34.5 Å². The van der Waals surface area contributed by atoms with Crippen LogP contribution < -0.4 is 0 Å². The molecule has 0 radical (unpaired) electrons. The van der Waals surface area contributed by atoms with Crippen molar-refractivity contribution in [2.75, 3.05) is 0 Å². The number of hydrogen-bond acceptors (Lipinski definition) is 2. The number of fused-ring (bicyclic) bond motifs is 1. The molecule has 1 heterocycles. The molecule has 0 amide bonds. The van der Waals surface area contributed by atoms with E-state index in [0.29, 0.717) is 9.58 Å². The lowest BCUT2D eigenvalue weighted by Crippen LogP contribution is -1.76. The molecule has 1 aromatic heterocycles. The van der Waals surface area contributed by atoms with Crippen LogP contribution in [0.3, 0.4) is 0 Å². The Kier molecular flexibility index (Phi) is 1.88. The molecular formula is C10H7FOS. The maximum absolute atomic E-state index is 13.2. The number of carbonyl (C=O) groups excluding carboxylic acids is 1. The van der Waals surface area contributed by atoms with Gasteiger partial charge in [-0.1, -0.05) is 12.1 Å². The maximum atomic E-state index is 13.2. The highest BCUT2D eigenvalue weighted by molar-refractivity contribution is 7.20. The number of aldehydes is 1. The summed E-state index contributed by atoms with van der Waals surface area (Å²) < 4.78 is 13.8. The molecule has 0 unspecified atom stereocenters. The summed E-state index contributed by atoms with van der Waals surface area (Å²) in [5.41, 5.74) is 0.870. The summed E-state index contributed by atoms with van der Waals surface area (Å²) in [6.45, 7) is 1.84. The van der Waals surface area contributed by atoms with Gasteiger partial charge in [-0.2, -0.15) is 0 Å². The first-order chi connectivity index (χ1) is 6.24. The summed E-state index contributed by atoms with van der Waals surface area (Å²) in [4.78, 5) is 11.2. The Hall–Kier alpha value is -1.22. The molecule has 0 aliphatic carbocycles. The third kappa shape index (κ3) is 1.16. The molecule has 0 N–H and O–H groups in total. The summed E-state index contributed by atoms with van der Waals surface area (Å²) >= 11 is 1.21. The van der Waals surface area contributed by atoms with Gasteiger partial charge >= 0.3 is 0 Å². The Morgan fingerprint density at radius 1 is 1.46 bits per heavy atom. The average Bonchev–Trinajstić information content (AvgIpc) is 2.45. The molecule has 2 rings (SSSR count). The molecule has 2 aromatic rings. The maximum Gasteiger partial charge on any atom is 0.160 e. The van der Waals surface area contributed by atoms with E-state index in [0.717, 1.165) is 17.2 Å². The van der Waals surface area contributed by atoms with Crippen LogP contribution in [0.1, 0.15) is 15.2 Å². The van der Waals surface area contributed by atoms with Crippen molar-refractivity contribution in [2.24, 2.45) is 0 Å². The second-order valence-corrected chi connectivity index (χ2v) is 3.88. The predicted octanol–water partition coefficient (Wildman–Crippen LogP) is 3.16. The largest absolute Gasteiger partial charge is 0.297 e. The summed E-state index contributed by atoms with van der Waals surface area (Å²) in [5.74, 6) is -0.251. The van der Waals surface area contributed by atoms with Gasteiger partial charge in [-0.3, -0.25) is 4.79 Å². The minimum absolute atomic E-state index is 0.251. The van der Waals surface area contributed by atoms with Crippen LogP contribution in [0.25, 0.3) is 10.1 Å². The van der Waals surface area contributed by atoms with Gasteiger partial charge in [0.2, 0.25) is 0 Å². The summed E-state index contributed by atoms with van der Waals surface area (Å²) in [5, 5.41) is 0.840. The lowest BCUT2D eigenvalue weighted by molar-refractivity contribution is 0.112. The highest BCUT2D eigenvalue weighted by Crippen LogP contribution is 2.31. The van der Waals surface area contributed by atoms with Gasteiger partial charge in [-0.25, -0.2) is 4.39 Å². The minimum atomic E-state index is -0.251. The molecule has 0 fully saturated rings. The summed E-state index contributed by atoms with van der Waals surface area (Å²) in [6, 6.07) is 4.90. The van der Waals surface area contributed by atoms with Gasteiger partial charge in [0.1, 0.15) is 5.82 Å². The van der Waals surface area contributed by atoms with Crippen LogP contribution in [0.5, 0.6) is 0 Å². The lowest BCUT2D eigenvalue weighted by Gasteiger charge is -1.91. The smallest absolute Gasteiger partial charge is 0.160 e. The summed E-state index contributed by atoms with van der Waals surface area (Å²) in [7, 11) is 0. The van der Waals surface area contributed by atoms with Crippen LogP contribution in [-0.2, 0) is 0 Å². The number of halogens is 1. The monoisotopic (exact) mass is 194 g/mol. The number of aryl methyl sites for hydroxylation is 1. The highest BCUT2D eigenvalue weighted by atomic mass is 32.1. The zero-order chi connectivity index (χ0) is 9.42. The molecule has 13 heavy (non-hydrogen) atoms.